The van der Waals surface area contributed by atoms with E-state index in [1.165, 1.54) is 12.0 Å². The van der Waals surface area contributed by atoms with Gasteiger partial charge in [-0.15, -0.1) is 0 Å². The molecule has 1 aliphatic heterocycles. The third-order valence-corrected chi connectivity index (χ3v) is 2.82. The van der Waals surface area contributed by atoms with Crippen molar-refractivity contribution < 1.29 is 0 Å². The predicted octanol–water partition coefficient (Wildman–Crippen LogP) is 2.17. The molecule has 2 nitrogen and oxygen atoms in total. The Balaban J connectivity index is 1.90. The van der Waals surface area contributed by atoms with Crippen LogP contribution in [0.25, 0.3) is 0 Å². The van der Waals surface area contributed by atoms with Crippen LogP contribution < -0.4 is 0 Å². The lowest BCUT2D eigenvalue weighted by molar-refractivity contribution is 0.0854. The highest BCUT2D eigenvalue weighted by Gasteiger charge is 2.26. The van der Waals surface area contributed by atoms with Gasteiger partial charge in [0.15, 0.2) is 0 Å². The minimum Gasteiger partial charge on any atom is -0.295 e. The van der Waals surface area contributed by atoms with E-state index < -0.39 is 0 Å². The Bertz CT molecular complexity index is 326. The van der Waals surface area contributed by atoms with Gasteiger partial charge in [0.2, 0.25) is 0 Å². The molecule has 0 saturated carbocycles. The van der Waals surface area contributed by atoms with Crippen molar-refractivity contribution in [1.29, 1.82) is 5.26 Å². The van der Waals surface area contributed by atoms with Crippen LogP contribution in [-0.2, 0) is 6.54 Å². The molecule has 72 valence electrons. The maximum Gasteiger partial charge on any atom is 0.0638 e. The highest BCUT2D eigenvalue weighted by Crippen LogP contribution is 2.22. The molecule has 1 fully saturated rings. The van der Waals surface area contributed by atoms with Gasteiger partial charge in [0.05, 0.1) is 12.5 Å². The van der Waals surface area contributed by atoms with Crippen LogP contribution in [0.1, 0.15) is 18.4 Å². The molecule has 0 amide bonds. The quantitative estimate of drug-likeness (QED) is 0.723. The lowest BCUT2D eigenvalue weighted by Gasteiger charge is -2.39. The van der Waals surface area contributed by atoms with E-state index in [1.54, 1.807) is 0 Å². The fraction of sp³-hybridized carbons (Fsp3) is 0.417. The van der Waals surface area contributed by atoms with Crippen LogP contribution in [0.15, 0.2) is 30.3 Å². The summed E-state index contributed by atoms with van der Waals surface area (Å²) in [6.45, 7) is 2.13. The smallest absolute Gasteiger partial charge is 0.0638 e. The molecule has 0 N–H and O–H groups in total. The summed E-state index contributed by atoms with van der Waals surface area (Å²) < 4.78 is 0. The topological polar surface area (TPSA) is 27.0 Å². The van der Waals surface area contributed by atoms with Gasteiger partial charge >= 0.3 is 0 Å². The summed E-state index contributed by atoms with van der Waals surface area (Å²) in [5, 5.41) is 8.61. The Hall–Kier alpha value is -1.33. The highest BCUT2D eigenvalue weighted by molar-refractivity contribution is 5.15. The van der Waals surface area contributed by atoms with Crippen molar-refractivity contribution in [2.24, 2.45) is 0 Å². The average Bonchev–Trinajstić information content (AvgIpc) is 2.23. The van der Waals surface area contributed by atoms with Gasteiger partial charge in [-0.25, -0.2) is 0 Å². The first-order valence-corrected chi connectivity index (χ1v) is 5.05. The van der Waals surface area contributed by atoms with E-state index >= 15 is 0 Å². The van der Waals surface area contributed by atoms with Crippen molar-refractivity contribution >= 4 is 0 Å². The van der Waals surface area contributed by atoms with E-state index in [2.05, 4.69) is 35.2 Å². The van der Waals surface area contributed by atoms with Gasteiger partial charge in [0.1, 0.15) is 0 Å². The van der Waals surface area contributed by atoms with Crippen LogP contribution in [0.5, 0.6) is 0 Å². The SMILES string of the molecule is N#CCC1CCN1Cc1ccccc1. The fourth-order valence-corrected chi connectivity index (χ4v) is 1.86. The zero-order chi connectivity index (χ0) is 9.80. The molecular weight excluding hydrogens is 172 g/mol. The first-order valence-electron chi connectivity index (χ1n) is 5.05. The molecule has 1 aromatic carbocycles. The van der Waals surface area contributed by atoms with Crippen LogP contribution >= 0.6 is 0 Å². The Labute approximate surface area is 84.8 Å². The molecule has 0 aromatic heterocycles. The normalized spacial score (nSPS) is 21.2. The monoisotopic (exact) mass is 186 g/mol. The summed E-state index contributed by atoms with van der Waals surface area (Å²) in [5.41, 5.74) is 1.34. The average molecular weight is 186 g/mol. The van der Waals surface area contributed by atoms with Crippen molar-refractivity contribution in [3.8, 4) is 6.07 Å². The number of rotatable bonds is 3. The number of hydrogen-bond donors (Lipinski definition) is 0. The second-order valence-electron chi connectivity index (χ2n) is 3.76. The molecule has 1 saturated heterocycles. The summed E-state index contributed by atoms with van der Waals surface area (Å²) in [6.07, 6.45) is 1.85. The molecule has 14 heavy (non-hydrogen) atoms. The Morgan fingerprint density at radius 1 is 1.36 bits per heavy atom. The van der Waals surface area contributed by atoms with Gasteiger partial charge in [-0.3, -0.25) is 4.90 Å². The minimum absolute atomic E-state index is 0.500. The van der Waals surface area contributed by atoms with Crippen LogP contribution in [0.2, 0.25) is 0 Å². The van der Waals surface area contributed by atoms with Gasteiger partial charge < -0.3 is 0 Å². The Morgan fingerprint density at radius 3 is 2.71 bits per heavy atom. The van der Waals surface area contributed by atoms with E-state index in [1.807, 2.05) is 6.07 Å². The Morgan fingerprint density at radius 2 is 2.14 bits per heavy atom. The maximum absolute atomic E-state index is 8.61. The zero-order valence-corrected chi connectivity index (χ0v) is 8.19. The minimum atomic E-state index is 0.500. The standard InChI is InChI=1S/C12H14N2/c13-8-6-12-7-9-14(12)10-11-4-2-1-3-5-11/h1-5,12H,6-7,9-10H2. The van der Waals surface area contributed by atoms with Crippen LogP contribution in [0.4, 0.5) is 0 Å². The molecule has 1 unspecified atom stereocenters. The van der Waals surface area contributed by atoms with Crippen LogP contribution in [0.3, 0.4) is 0 Å². The first kappa shape index (κ1) is 9.23. The number of nitrogens with zero attached hydrogens (tertiary/aromatic N) is 2. The van der Waals surface area contributed by atoms with Crippen LogP contribution in [-0.4, -0.2) is 17.5 Å². The molecule has 2 heteroatoms. The van der Waals surface area contributed by atoms with E-state index in [-0.39, 0.29) is 0 Å². The first-order chi connectivity index (χ1) is 6.90. The summed E-state index contributed by atoms with van der Waals surface area (Å²) in [5.74, 6) is 0. The fourth-order valence-electron chi connectivity index (χ4n) is 1.86. The lowest BCUT2D eigenvalue weighted by Crippen LogP contribution is -2.46. The second-order valence-corrected chi connectivity index (χ2v) is 3.76. The number of likely N-dealkylation sites (tertiary alicyclic amines) is 1. The highest BCUT2D eigenvalue weighted by atomic mass is 15.2. The van der Waals surface area contributed by atoms with E-state index in [0.717, 1.165) is 13.1 Å². The summed E-state index contributed by atoms with van der Waals surface area (Å²) in [6, 6.07) is 13.2. The summed E-state index contributed by atoms with van der Waals surface area (Å²) >= 11 is 0. The molecular formula is C12H14N2. The third-order valence-electron chi connectivity index (χ3n) is 2.82. The molecule has 0 aliphatic carbocycles. The molecule has 1 heterocycles. The van der Waals surface area contributed by atoms with Gasteiger partial charge in [0, 0.05) is 19.1 Å². The van der Waals surface area contributed by atoms with Crippen molar-refractivity contribution in [3.05, 3.63) is 35.9 Å². The number of benzene rings is 1. The second kappa shape index (κ2) is 4.26. The molecule has 1 aromatic rings. The molecule has 1 atom stereocenters. The predicted molar refractivity (Wildman–Crippen MR) is 55.5 cm³/mol. The summed E-state index contributed by atoms with van der Waals surface area (Å²) in [7, 11) is 0. The van der Waals surface area contributed by atoms with Gasteiger partial charge in [0.25, 0.3) is 0 Å². The molecule has 0 radical (unpaired) electrons. The Kier molecular flexibility index (Phi) is 2.81. The van der Waals surface area contributed by atoms with Gasteiger partial charge in [-0.2, -0.15) is 5.26 Å². The van der Waals surface area contributed by atoms with E-state index in [9.17, 15) is 0 Å². The van der Waals surface area contributed by atoms with Gasteiger partial charge in [-0.05, 0) is 12.0 Å². The van der Waals surface area contributed by atoms with Gasteiger partial charge in [-0.1, -0.05) is 30.3 Å². The summed E-state index contributed by atoms with van der Waals surface area (Å²) in [4.78, 5) is 2.37. The third kappa shape index (κ3) is 1.94. The largest absolute Gasteiger partial charge is 0.295 e. The number of hydrogen-bond acceptors (Lipinski definition) is 2. The number of nitriles is 1. The van der Waals surface area contributed by atoms with Crippen molar-refractivity contribution in [2.45, 2.75) is 25.4 Å². The van der Waals surface area contributed by atoms with E-state index in [4.69, 9.17) is 5.26 Å². The molecule has 1 aliphatic rings. The molecule has 0 spiro atoms. The van der Waals surface area contributed by atoms with Crippen molar-refractivity contribution in [1.82, 2.24) is 4.90 Å². The molecule has 0 bridgehead atoms. The van der Waals surface area contributed by atoms with Crippen LogP contribution in [0, 0.1) is 11.3 Å². The van der Waals surface area contributed by atoms with Crippen molar-refractivity contribution in [2.75, 3.05) is 6.54 Å². The zero-order valence-electron chi connectivity index (χ0n) is 8.19. The molecule has 2 rings (SSSR count). The maximum atomic E-state index is 8.61. The van der Waals surface area contributed by atoms with Crippen molar-refractivity contribution in [3.63, 3.8) is 0 Å². The lowest BCUT2D eigenvalue weighted by atomic mass is 9.99. The van der Waals surface area contributed by atoms with E-state index in [0.29, 0.717) is 12.5 Å².